The number of benzene rings is 1. The van der Waals surface area contributed by atoms with E-state index in [4.69, 9.17) is 4.74 Å². The summed E-state index contributed by atoms with van der Waals surface area (Å²) in [5.74, 6) is 1.87. The number of urea groups is 1. The number of carbonyl (C=O) groups is 1. The molecule has 2 amide bonds. The molecule has 1 N–H and O–H groups in total. The summed E-state index contributed by atoms with van der Waals surface area (Å²) in [5.41, 5.74) is 2.26. The monoisotopic (exact) mass is 408 g/mol. The van der Waals surface area contributed by atoms with Crippen molar-refractivity contribution in [1.29, 1.82) is 0 Å². The predicted octanol–water partition coefficient (Wildman–Crippen LogP) is 4.52. The van der Waals surface area contributed by atoms with E-state index >= 15 is 0 Å². The Labute approximate surface area is 179 Å². The van der Waals surface area contributed by atoms with Crippen molar-refractivity contribution in [3.63, 3.8) is 0 Å². The van der Waals surface area contributed by atoms with E-state index < -0.39 is 0 Å². The fourth-order valence-electron chi connectivity index (χ4n) is 4.50. The van der Waals surface area contributed by atoms with Gasteiger partial charge in [-0.25, -0.2) is 9.78 Å². The second-order valence-corrected chi connectivity index (χ2v) is 8.21. The van der Waals surface area contributed by atoms with Gasteiger partial charge in [0.05, 0.1) is 13.2 Å². The quantitative estimate of drug-likeness (QED) is 0.790. The summed E-state index contributed by atoms with van der Waals surface area (Å²) in [6.07, 6.45) is 8.94. The highest BCUT2D eigenvalue weighted by Gasteiger charge is 2.29. The van der Waals surface area contributed by atoms with Crippen LogP contribution in [0.5, 0.6) is 5.75 Å². The Hall–Kier alpha value is -2.76. The lowest BCUT2D eigenvalue weighted by molar-refractivity contribution is 0.192. The van der Waals surface area contributed by atoms with Crippen LogP contribution in [-0.2, 0) is 6.54 Å². The molecule has 2 saturated heterocycles. The maximum atomic E-state index is 12.9. The maximum absolute atomic E-state index is 12.9. The normalized spacial score (nSPS) is 19.4. The molecule has 6 nitrogen and oxygen atoms in total. The zero-order valence-electron chi connectivity index (χ0n) is 17.8. The summed E-state index contributed by atoms with van der Waals surface area (Å²) < 4.78 is 5.25. The van der Waals surface area contributed by atoms with E-state index in [1.807, 2.05) is 29.3 Å². The number of carbonyl (C=O) groups excluding carboxylic acids is 1. The molecule has 160 valence electrons. The van der Waals surface area contributed by atoms with E-state index in [2.05, 4.69) is 33.4 Å². The molecule has 2 fully saturated rings. The summed E-state index contributed by atoms with van der Waals surface area (Å²) in [6, 6.07) is 12.3. The molecule has 2 aromatic rings. The molecule has 2 aliphatic rings. The molecule has 0 radical (unpaired) electrons. The summed E-state index contributed by atoms with van der Waals surface area (Å²) in [4.78, 5) is 21.8. The fourth-order valence-corrected chi connectivity index (χ4v) is 4.50. The Morgan fingerprint density at radius 2 is 1.83 bits per heavy atom. The van der Waals surface area contributed by atoms with E-state index in [0.717, 1.165) is 55.2 Å². The third-order valence-corrected chi connectivity index (χ3v) is 6.20. The zero-order valence-corrected chi connectivity index (χ0v) is 17.8. The third kappa shape index (κ3) is 4.86. The van der Waals surface area contributed by atoms with Crippen LogP contribution in [0.3, 0.4) is 0 Å². The van der Waals surface area contributed by atoms with Crippen LogP contribution >= 0.6 is 0 Å². The minimum Gasteiger partial charge on any atom is -0.497 e. The van der Waals surface area contributed by atoms with Crippen LogP contribution in [0.1, 0.15) is 55.7 Å². The van der Waals surface area contributed by atoms with Crippen molar-refractivity contribution >= 4 is 11.8 Å². The van der Waals surface area contributed by atoms with Crippen LogP contribution in [0.4, 0.5) is 10.6 Å². The average molecular weight is 409 g/mol. The molecule has 0 spiro atoms. The Bertz CT molecular complexity index is 831. The van der Waals surface area contributed by atoms with Crippen LogP contribution < -0.4 is 15.0 Å². The fraction of sp³-hybridized carbons (Fsp3) is 0.500. The lowest BCUT2D eigenvalue weighted by Gasteiger charge is -2.26. The number of pyridine rings is 1. The van der Waals surface area contributed by atoms with E-state index in [9.17, 15) is 4.79 Å². The minimum atomic E-state index is 0.00135. The molecule has 4 rings (SSSR count). The van der Waals surface area contributed by atoms with Gasteiger partial charge in [-0.15, -0.1) is 0 Å². The number of aromatic nitrogens is 1. The Morgan fingerprint density at radius 3 is 2.57 bits per heavy atom. The SMILES string of the molecule is COc1ccc(C2CCCN2C(=O)NCc2ccnc(N3CCCCCC3)c2)cc1. The molecule has 0 saturated carbocycles. The van der Waals surface area contributed by atoms with Gasteiger partial charge in [0.25, 0.3) is 0 Å². The van der Waals surface area contributed by atoms with E-state index in [1.165, 1.54) is 25.7 Å². The molecule has 1 atom stereocenters. The molecular weight excluding hydrogens is 376 g/mol. The smallest absolute Gasteiger partial charge is 0.318 e. The van der Waals surface area contributed by atoms with E-state index in [0.29, 0.717) is 6.54 Å². The topological polar surface area (TPSA) is 57.7 Å². The standard InChI is InChI=1S/C24H32N4O2/c1-30-21-10-8-20(9-11-21)22-7-6-16-28(22)24(29)26-18-19-12-13-25-23(17-19)27-14-4-2-3-5-15-27/h8-13,17,22H,2-7,14-16,18H2,1H3,(H,26,29). The Kier molecular flexibility index (Phi) is 6.72. The predicted molar refractivity (Wildman–Crippen MR) is 119 cm³/mol. The number of rotatable bonds is 5. The second-order valence-electron chi connectivity index (χ2n) is 8.21. The average Bonchev–Trinajstić information content (AvgIpc) is 3.12. The van der Waals surface area contributed by atoms with Gasteiger partial charge in [-0.2, -0.15) is 0 Å². The van der Waals surface area contributed by atoms with Gasteiger partial charge in [-0.05, 0) is 61.1 Å². The first-order valence-corrected chi connectivity index (χ1v) is 11.1. The van der Waals surface area contributed by atoms with E-state index in [1.54, 1.807) is 7.11 Å². The molecule has 1 aromatic carbocycles. The lowest BCUT2D eigenvalue weighted by atomic mass is 10.0. The van der Waals surface area contributed by atoms with Crippen LogP contribution in [0.15, 0.2) is 42.6 Å². The largest absolute Gasteiger partial charge is 0.497 e. The highest BCUT2D eigenvalue weighted by atomic mass is 16.5. The molecule has 6 heteroatoms. The van der Waals surface area contributed by atoms with Crippen molar-refractivity contribution < 1.29 is 9.53 Å². The first kappa shape index (κ1) is 20.5. The van der Waals surface area contributed by atoms with Gasteiger partial charge in [-0.3, -0.25) is 0 Å². The van der Waals surface area contributed by atoms with Gasteiger partial charge in [-0.1, -0.05) is 25.0 Å². The van der Waals surface area contributed by atoms with Crippen molar-refractivity contribution in [3.8, 4) is 5.75 Å². The van der Waals surface area contributed by atoms with Crippen LogP contribution in [0.25, 0.3) is 0 Å². The van der Waals surface area contributed by atoms with Crippen LogP contribution in [-0.4, -0.2) is 42.7 Å². The first-order valence-electron chi connectivity index (χ1n) is 11.1. The van der Waals surface area contributed by atoms with Crippen molar-refractivity contribution in [2.75, 3.05) is 31.6 Å². The summed E-state index contributed by atoms with van der Waals surface area (Å²) in [5, 5.41) is 3.12. The number of methoxy groups -OCH3 is 1. The number of likely N-dealkylation sites (tertiary alicyclic amines) is 1. The molecule has 3 heterocycles. The minimum absolute atomic E-state index is 0.00135. The molecule has 1 aromatic heterocycles. The van der Waals surface area contributed by atoms with Gasteiger partial charge in [0.15, 0.2) is 0 Å². The number of hydrogen-bond acceptors (Lipinski definition) is 4. The number of amides is 2. The zero-order chi connectivity index (χ0) is 20.8. The van der Waals surface area contributed by atoms with Gasteiger partial charge in [0, 0.05) is 32.4 Å². The number of nitrogens with zero attached hydrogens (tertiary/aromatic N) is 3. The van der Waals surface area contributed by atoms with Crippen molar-refractivity contribution in [3.05, 3.63) is 53.7 Å². The van der Waals surface area contributed by atoms with Crippen molar-refractivity contribution in [1.82, 2.24) is 15.2 Å². The number of ether oxygens (including phenoxy) is 1. The third-order valence-electron chi connectivity index (χ3n) is 6.20. The van der Waals surface area contributed by atoms with Gasteiger partial charge in [0.1, 0.15) is 11.6 Å². The number of nitrogens with one attached hydrogen (secondary N) is 1. The summed E-state index contributed by atoms with van der Waals surface area (Å²) >= 11 is 0. The molecule has 0 bridgehead atoms. The molecule has 1 unspecified atom stereocenters. The molecule has 0 aliphatic carbocycles. The van der Waals surface area contributed by atoms with Crippen LogP contribution in [0, 0.1) is 0 Å². The van der Waals surface area contributed by atoms with Gasteiger partial charge in [0.2, 0.25) is 0 Å². The molecule has 2 aliphatic heterocycles. The molecule has 30 heavy (non-hydrogen) atoms. The lowest BCUT2D eigenvalue weighted by Crippen LogP contribution is -2.39. The van der Waals surface area contributed by atoms with Gasteiger partial charge < -0.3 is 19.9 Å². The van der Waals surface area contributed by atoms with Crippen LogP contribution in [0.2, 0.25) is 0 Å². The Morgan fingerprint density at radius 1 is 1.07 bits per heavy atom. The maximum Gasteiger partial charge on any atom is 0.318 e. The number of hydrogen-bond donors (Lipinski definition) is 1. The second kappa shape index (κ2) is 9.83. The van der Waals surface area contributed by atoms with Gasteiger partial charge >= 0.3 is 6.03 Å². The molecular formula is C24H32N4O2. The van der Waals surface area contributed by atoms with E-state index in [-0.39, 0.29) is 12.1 Å². The van der Waals surface area contributed by atoms with Crippen molar-refractivity contribution in [2.45, 2.75) is 51.1 Å². The Balaban J connectivity index is 1.37. The van der Waals surface area contributed by atoms with Crippen molar-refractivity contribution in [2.24, 2.45) is 0 Å². The summed E-state index contributed by atoms with van der Waals surface area (Å²) in [7, 11) is 1.67. The first-order chi connectivity index (χ1) is 14.7. The highest BCUT2D eigenvalue weighted by Crippen LogP contribution is 2.32. The highest BCUT2D eigenvalue weighted by molar-refractivity contribution is 5.75. The summed E-state index contributed by atoms with van der Waals surface area (Å²) in [6.45, 7) is 3.45. The number of anilines is 1.